The molecule has 0 bridgehead atoms. The lowest BCUT2D eigenvalue weighted by atomic mass is 10.2. The lowest BCUT2D eigenvalue weighted by molar-refractivity contribution is -0.0454. The molecule has 0 atom stereocenters. The normalized spacial score (nSPS) is 13.4. The zero-order valence-electron chi connectivity index (χ0n) is 15.3. The second-order valence-electron chi connectivity index (χ2n) is 6.32. The second-order valence-corrected chi connectivity index (χ2v) is 9.75. The first kappa shape index (κ1) is 23.6. The summed E-state index contributed by atoms with van der Waals surface area (Å²) in [5.74, 6) is 0. The van der Waals surface area contributed by atoms with Gasteiger partial charge in [-0.05, 0) is 29.8 Å². The Kier molecular flexibility index (Phi) is 5.57. The third-order valence-corrected chi connectivity index (χ3v) is 6.69. The summed E-state index contributed by atoms with van der Waals surface area (Å²) in [6.45, 7) is -0.607. The lowest BCUT2D eigenvalue weighted by Crippen LogP contribution is -2.39. The highest BCUT2D eigenvalue weighted by atomic mass is 32.2. The molecule has 8 nitrogen and oxygen atoms in total. The van der Waals surface area contributed by atoms with Gasteiger partial charge in [-0.3, -0.25) is 14.2 Å². The first-order valence-corrected chi connectivity index (χ1v) is 11.2. The zero-order valence-corrected chi connectivity index (χ0v) is 17.0. The van der Waals surface area contributed by atoms with Crippen molar-refractivity contribution in [1.29, 1.82) is 0 Å². The van der Waals surface area contributed by atoms with Crippen LogP contribution in [-0.4, -0.2) is 36.6 Å². The maximum atomic E-state index is 13.1. The average Bonchev–Trinajstić information content (AvgIpc) is 2.94. The van der Waals surface area contributed by atoms with E-state index >= 15 is 0 Å². The van der Waals surface area contributed by atoms with Gasteiger partial charge in [-0.2, -0.15) is 43.2 Å². The van der Waals surface area contributed by atoms with E-state index in [2.05, 4.69) is 0 Å². The lowest BCUT2D eigenvalue weighted by Gasteiger charge is -2.15. The Morgan fingerprint density at radius 1 is 0.812 bits per heavy atom. The number of hydrogen-bond donors (Lipinski definition) is 1. The summed E-state index contributed by atoms with van der Waals surface area (Å²) in [6.07, 6.45) is 0. The predicted molar refractivity (Wildman–Crippen MR) is 101 cm³/mol. The summed E-state index contributed by atoms with van der Waals surface area (Å²) in [5.41, 5.74) is -13.4. The number of anilines is 1. The fraction of sp³-hybridized carbons (Fsp3) is 0.188. The maximum absolute atomic E-state index is 13.1. The van der Waals surface area contributed by atoms with Gasteiger partial charge in [-0.25, -0.2) is 0 Å². The third-order valence-electron chi connectivity index (χ3n) is 4.17. The molecule has 0 amide bonds. The monoisotopic (exact) mass is 503 g/mol. The van der Waals surface area contributed by atoms with Gasteiger partial charge in [0.25, 0.3) is 5.56 Å². The number of para-hydroxylation sites is 1. The predicted octanol–water partition coefficient (Wildman–Crippen LogP) is 2.81. The van der Waals surface area contributed by atoms with Crippen LogP contribution in [0.4, 0.5) is 32.0 Å². The van der Waals surface area contributed by atoms with Gasteiger partial charge in [0.2, 0.25) is 0 Å². The van der Waals surface area contributed by atoms with Crippen LogP contribution in [0.15, 0.2) is 53.3 Å². The van der Waals surface area contributed by atoms with Gasteiger partial charge in [0.1, 0.15) is 0 Å². The van der Waals surface area contributed by atoms with Crippen molar-refractivity contribution in [3.8, 4) is 0 Å². The van der Waals surface area contributed by atoms with E-state index in [0.29, 0.717) is 4.68 Å². The molecule has 32 heavy (non-hydrogen) atoms. The Labute approximate surface area is 175 Å². The zero-order chi connectivity index (χ0) is 24.1. The van der Waals surface area contributed by atoms with Gasteiger partial charge in [0.15, 0.2) is 0 Å². The fourth-order valence-corrected chi connectivity index (χ4v) is 4.22. The van der Waals surface area contributed by atoms with Crippen molar-refractivity contribution >= 4 is 36.6 Å². The van der Waals surface area contributed by atoms with Crippen LogP contribution in [0.5, 0.6) is 0 Å². The van der Waals surface area contributed by atoms with Crippen molar-refractivity contribution in [3.05, 3.63) is 64.4 Å². The number of benzene rings is 2. The molecule has 0 aliphatic carbocycles. The number of hydrogen-bond acceptors (Lipinski definition) is 5. The average molecular weight is 503 g/mol. The van der Waals surface area contributed by atoms with E-state index in [1.807, 2.05) is 0 Å². The van der Waals surface area contributed by atoms with E-state index in [1.54, 1.807) is 0 Å². The van der Waals surface area contributed by atoms with Gasteiger partial charge in [0.05, 0.1) is 17.4 Å². The minimum atomic E-state index is -6.12. The molecule has 0 aliphatic rings. The van der Waals surface area contributed by atoms with E-state index < -0.39 is 52.9 Å². The SMILES string of the molecule is O=c1c2ccccc2n(Cc2ccc(NS(=O)(=O)C(F)(F)F)cc2)n1S(=O)(=O)C(F)(F)F. The van der Waals surface area contributed by atoms with Gasteiger partial charge >= 0.3 is 31.1 Å². The highest BCUT2D eigenvalue weighted by Gasteiger charge is 2.50. The first-order valence-electron chi connectivity index (χ1n) is 8.27. The number of fused-ring (bicyclic) bond motifs is 1. The molecule has 0 saturated heterocycles. The van der Waals surface area contributed by atoms with E-state index in [0.717, 1.165) is 30.3 Å². The number of aromatic nitrogens is 2. The largest absolute Gasteiger partial charge is 0.518 e. The molecule has 3 rings (SSSR count). The van der Waals surface area contributed by atoms with Crippen LogP contribution in [0.2, 0.25) is 0 Å². The summed E-state index contributed by atoms with van der Waals surface area (Å²) in [5, 5.41) is -0.310. The van der Waals surface area contributed by atoms with Crippen molar-refractivity contribution in [3.63, 3.8) is 0 Å². The third kappa shape index (κ3) is 4.06. The van der Waals surface area contributed by atoms with Gasteiger partial charge in [-0.15, -0.1) is 4.09 Å². The molecular formula is C16H11F6N3O5S2. The first-order chi connectivity index (χ1) is 14.6. The molecule has 0 saturated carbocycles. The van der Waals surface area contributed by atoms with E-state index in [9.17, 15) is 48.0 Å². The summed E-state index contributed by atoms with van der Waals surface area (Å²) >= 11 is 0. The fourth-order valence-electron chi connectivity index (χ4n) is 2.74. The van der Waals surface area contributed by atoms with Crippen molar-refractivity contribution in [2.45, 2.75) is 17.6 Å². The standard InChI is InChI=1S/C16H11F6N3O5S2/c17-15(18,19)31(27,28)23-11-7-5-10(6-8-11)9-24-13-4-2-1-3-12(13)14(26)25(24)32(29,30)16(20,21)22/h1-8,23H,9H2. The van der Waals surface area contributed by atoms with Gasteiger partial charge in [0, 0.05) is 5.69 Å². The highest BCUT2D eigenvalue weighted by Crippen LogP contribution is 2.28. The van der Waals surface area contributed by atoms with Gasteiger partial charge < -0.3 is 0 Å². The Balaban J connectivity index is 2.07. The minimum absolute atomic E-state index is 0.0619. The highest BCUT2D eigenvalue weighted by molar-refractivity contribution is 7.93. The van der Waals surface area contributed by atoms with E-state index in [-0.39, 0.29) is 16.5 Å². The van der Waals surface area contributed by atoms with Crippen LogP contribution in [0, 0.1) is 0 Å². The van der Waals surface area contributed by atoms with E-state index in [4.69, 9.17) is 0 Å². The number of nitrogens with zero attached hydrogens (tertiary/aromatic N) is 2. The van der Waals surface area contributed by atoms with Crippen LogP contribution >= 0.6 is 0 Å². The molecular weight excluding hydrogens is 492 g/mol. The van der Waals surface area contributed by atoms with Crippen LogP contribution in [0.25, 0.3) is 10.9 Å². The van der Waals surface area contributed by atoms with Crippen molar-refractivity contribution in [1.82, 2.24) is 8.77 Å². The Hall–Kier alpha value is -3.01. The maximum Gasteiger partial charge on any atom is 0.518 e. The summed E-state index contributed by atoms with van der Waals surface area (Å²) in [7, 11) is -11.8. The van der Waals surface area contributed by atoms with Crippen LogP contribution < -0.4 is 10.3 Å². The van der Waals surface area contributed by atoms with Crippen LogP contribution in [-0.2, 0) is 26.6 Å². The summed E-state index contributed by atoms with van der Waals surface area (Å²) < 4.78 is 124. The molecule has 1 aromatic heterocycles. The number of rotatable bonds is 5. The number of sulfonamides is 1. The molecule has 1 N–H and O–H groups in total. The second kappa shape index (κ2) is 7.54. The minimum Gasteiger partial charge on any atom is -0.276 e. The Morgan fingerprint density at radius 2 is 1.38 bits per heavy atom. The Bertz CT molecular complexity index is 1440. The summed E-state index contributed by atoms with van der Waals surface area (Å²) in [6, 6.07) is 8.92. The molecule has 16 heteroatoms. The molecule has 0 spiro atoms. The molecule has 0 unspecified atom stereocenters. The molecule has 3 aromatic rings. The molecule has 2 aromatic carbocycles. The molecule has 1 heterocycles. The smallest absolute Gasteiger partial charge is 0.276 e. The van der Waals surface area contributed by atoms with Gasteiger partial charge in [-0.1, -0.05) is 24.3 Å². The van der Waals surface area contributed by atoms with Crippen LogP contribution in [0.3, 0.4) is 0 Å². The Morgan fingerprint density at radius 3 is 1.91 bits per heavy atom. The molecule has 0 fully saturated rings. The van der Waals surface area contributed by atoms with Crippen molar-refractivity contribution in [2.75, 3.05) is 4.72 Å². The van der Waals surface area contributed by atoms with Crippen molar-refractivity contribution < 1.29 is 43.2 Å². The molecule has 0 radical (unpaired) electrons. The quantitative estimate of drug-likeness (QED) is 0.539. The number of alkyl halides is 6. The number of halogens is 6. The molecule has 0 aliphatic heterocycles. The van der Waals surface area contributed by atoms with Crippen LogP contribution in [0.1, 0.15) is 5.56 Å². The van der Waals surface area contributed by atoms with E-state index in [1.165, 1.54) is 22.9 Å². The molecule has 174 valence electrons. The van der Waals surface area contributed by atoms with Crippen molar-refractivity contribution in [2.24, 2.45) is 0 Å². The number of nitrogens with one attached hydrogen (secondary N) is 1. The summed E-state index contributed by atoms with van der Waals surface area (Å²) in [4.78, 5) is 12.4. The topological polar surface area (TPSA) is 107 Å².